The Balaban J connectivity index is 1.20. The molecule has 2 saturated heterocycles. The van der Waals surface area contributed by atoms with Crippen molar-refractivity contribution in [2.45, 2.75) is 26.3 Å². The van der Waals surface area contributed by atoms with E-state index in [1.807, 2.05) is 37.4 Å². The van der Waals surface area contributed by atoms with E-state index in [1.54, 1.807) is 13.0 Å². The molecule has 2 aliphatic rings. The van der Waals surface area contributed by atoms with Crippen LogP contribution >= 0.6 is 0 Å². The molecule has 2 aromatic carbocycles. The monoisotopic (exact) mass is 480 g/mol. The largest absolute Gasteiger partial charge is 0.357 e. The number of benzene rings is 2. The molecular formula is C25H32N6O2S. The minimum atomic E-state index is -3.26. The van der Waals surface area contributed by atoms with Gasteiger partial charge < -0.3 is 10.2 Å². The Bertz CT molecular complexity index is 1280. The molecule has 1 spiro atoms. The van der Waals surface area contributed by atoms with E-state index >= 15 is 0 Å². The molecule has 0 unspecified atom stereocenters. The lowest BCUT2D eigenvalue weighted by atomic mass is 9.72. The van der Waals surface area contributed by atoms with Crippen LogP contribution in [0.1, 0.15) is 25.3 Å². The predicted octanol–water partition coefficient (Wildman–Crippen LogP) is 3.54. The fourth-order valence-electron chi connectivity index (χ4n) is 5.07. The molecule has 8 nitrogen and oxygen atoms in total. The minimum absolute atomic E-state index is 0.0729. The fraction of sp³-hybridized carbons (Fsp3) is 0.440. The van der Waals surface area contributed by atoms with Crippen molar-refractivity contribution < 1.29 is 8.42 Å². The van der Waals surface area contributed by atoms with Crippen molar-refractivity contribution in [3.63, 3.8) is 0 Å². The third-order valence-corrected chi connectivity index (χ3v) is 8.37. The van der Waals surface area contributed by atoms with Crippen LogP contribution < -0.4 is 14.9 Å². The van der Waals surface area contributed by atoms with Crippen LogP contribution in [0.15, 0.2) is 48.5 Å². The Kier molecular flexibility index (Phi) is 6.07. The lowest BCUT2D eigenvalue weighted by Gasteiger charge is -2.54. The summed E-state index contributed by atoms with van der Waals surface area (Å²) in [6, 6.07) is 15.9. The topological polar surface area (TPSA) is 90.5 Å². The number of rotatable bonds is 7. The van der Waals surface area contributed by atoms with Crippen LogP contribution in [0.5, 0.6) is 0 Å². The van der Waals surface area contributed by atoms with Gasteiger partial charge in [0.15, 0.2) is 0 Å². The highest BCUT2D eigenvalue weighted by Crippen LogP contribution is 2.44. The van der Waals surface area contributed by atoms with Crippen molar-refractivity contribution >= 4 is 38.4 Å². The maximum absolute atomic E-state index is 11.9. The van der Waals surface area contributed by atoms with E-state index in [0.29, 0.717) is 17.1 Å². The van der Waals surface area contributed by atoms with Gasteiger partial charge in [0.25, 0.3) is 0 Å². The molecule has 2 aliphatic heterocycles. The molecule has 9 heteroatoms. The van der Waals surface area contributed by atoms with E-state index in [0.717, 1.165) is 67.8 Å². The molecular weight excluding hydrogens is 448 g/mol. The van der Waals surface area contributed by atoms with E-state index in [1.165, 1.54) is 0 Å². The summed E-state index contributed by atoms with van der Waals surface area (Å²) in [5.41, 5.74) is 3.09. The van der Waals surface area contributed by atoms with Crippen LogP contribution in [0.25, 0.3) is 10.9 Å². The Morgan fingerprint density at radius 1 is 1.03 bits per heavy atom. The highest BCUT2D eigenvalue weighted by molar-refractivity contribution is 7.92. The Morgan fingerprint density at radius 2 is 1.79 bits per heavy atom. The van der Waals surface area contributed by atoms with Gasteiger partial charge in [0, 0.05) is 43.2 Å². The SMILES string of the molecule is CCS(=O)(=O)Nc1cccc(CN2CCC3(CC2)CN(c2nc(NC)nc4ccccc24)C3)c1. The number of nitrogens with one attached hydrogen (secondary N) is 2. The van der Waals surface area contributed by atoms with E-state index < -0.39 is 10.0 Å². The van der Waals surface area contributed by atoms with Crippen LogP contribution in [0, 0.1) is 5.41 Å². The smallest absolute Gasteiger partial charge is 0.232 e. The maximum atomic E-state index is 11.9. The van der Waals surface area contributed by atoms with E-state index in [9.17, 15) is 8.42 Å². The summed E-state index contributed by atoms with van der Waals surface area (Å²) in [6.45, 7) is 6.63. The summed E-state index contributed by atoms with van der Waals surface area (Å²) in [7, 11) is -1.40. The number of hydrogen-bond donors (Lipinski definition) is 2. The van der Waals surface area contributed by atoms with Gasteiger partial charge in [-0.25, -0.2) is 13.4 Å². The first kappa shape index (κ1) is 22.9. The summed E-state index contributed by atoms with van der Waals surface area (Å²) >= 11 is 0. The first-order valence-electron chi connectivity index (χ1n) is 11.9. The number of piperidine rings is 1. The Hall–Kier alpha value is -2.91. The van der Waals surface area contributed by atoms with Gasteiger partial charge in [0.2, 0.25) is 16.0 Å². The van der Waals surface area contributed by atoms with Crippen molar-refractivity contribution in [3.8, 4) is 0 Å². The highest BCUT2D eigenvalue weighted by Gasteiger charge is 2.45. The van der Waals surface area contributed by atoms with Gasteiger partial charge in [0.1, 0.15) is 5.82 Å². The molecule has 0 saturated carbocycles. The first-order valence-corrected chi connectivity index (χ1v) is 13.6. The van der Waals surface area contributed by atoms with Crippen LogP contribution in [0.3, 0.4) is 0 Å². The van der Waals surface area contributed by atoms with Gasteiger partial charge in [-0.3, -0.25) is 9.62 Å². The lowest BCUT2D eigenvalue weighted by molar-refractivity contribution is 0.0721. The number of para-hydroxylation sites is 1. The van der Waals surface area contributed by atoms with Crippen LogP contribution in [0.4, 0.5) is 17.5 Å². The summed E-state index contributed by atoms with van der Waals surface area (Å²) in [5.74, 6) is 1.76. The number of sulfonamides is 1. The molecule has 0 atom stereocenters. The van der Waals surface area contributed by atoms with Gasteiger partial charge >= 0.3 is 0 Å². The van der Waals surface area contributed by atoms with Crippen molar-refractivity contribution in [3.05, 3.63) is 54.1 Å². The Morgan fingerprint density at radius 3 is 2.53 bits per heavy atom. The zero-order valence-corrected chi connectivity index (χ0v) is 20.6. The van der Waals surface area contributed by atoms with Gasteiger partial charge in [-0.15, -0.1) is 0 Å². The van der Waals surface area contributed by atoms with Crippen molar-refractivity contribution in [2.75, 3.05) is 53.9 Å². The van der Waals surface area contributed by atoms with Gasteiger partial charge in [-0.1, -0.05) is 24.3 Å². The van der Waals surface area contributed by atoms with E-state index in [-0.39, 0.29) is 5.75 Å². The predicted molar refractivity (Wildman–Crippen MR) is 138 cm³/mol. The molecule has 3 aromatic rings. The third-order valence-electron chi connectivity index (χ3n) is 7.06. The highest BCUT2D eigenvalue weighted by atomic mass is 32.2. The van der Waals surface area contributed by atoms with E-state index in [2.05, 4.69) is 37.0 Å². The average Bonchev–Trinajstić information content (AvgIpc) is 2.82. The quantitative estimate of drug-likeness (QED) is 0.535. The molecule has 0 amide bonds. The molecule has 0 radical (unpaired) electrons. The molecule has 5 rings (SSSR count). The molecule has 2 fully saturated rings. The number of hydrogen-bond acceptors (Lipinski definition) is 7. The normalized spacial score (nSPS) is 18.1. The second kappa shape index (κ2) is 9.03. The first-order chi connectivity index (χ1) is 16.4. The van der Waals surface area contributed by atoms with Crippen molar-refractivity contribution in [2.24, 2.45) is 5.41 Å². The van der Waals surface area contributed by atoms with Crippen LogP contribution in [-0.4, -0.2) is 62.3 Å². The lowest BCUT2D eigenvalue weighted by Crippen LogP contribution is -2.60. The number of anilines is 3. The summed E-state index contributed by atoms with van der Waals surface area (Å²) in [5, 5.41) is 4.19. The zero-order valence-electron chi connectivity index (χ0n) is 19.8. The third kappa shape index (κ3) is 4.67. The minimum Gasteiger partial charge on any atom is -0.357 e. The molecule has 180 valence electrons. The van der Waals surface area contributed by atoms with Crippen LogP contribution in [-0.2, 0) is 16.6 Å². The van der Waals surface area contributed by atoms with Gasteiger partial charge in [-0.2, -0.15) is 4.98 Å². The zero-order chi connectivity index (χ0) is 23.8. The standard InChI is InChI=1S/C25H32N6O2S/c1-3-34(32,33)29-20-8-6-7-19(15-20)16-30-13-11-25(12-14-30)17-31(18-25)23-21-9-4-5-10-22(21)27-24(26-2)28-23/h4-10,15,29H,3,11-14,16-18H2,1-2H3,(H,26,27,28). The maximum Gasteiger partial charge on any atom is 0.232 e. The fourth-order valence-corrected chi connectivity index (χ4v) is 5.70. The number of nitrogens with zero attached hydrogens (tertiary/aromatic N) is 4. The average molecular weight is 481 g/mol. The molecule has 2 N–H and O–H groups in total. The Labute approximate surface area is 201 Å². The number of fused-ring (bicyclic) bond motifs is 1. The molecule has 0 aliphatic carbocycles. The van der Waals surface area contributed by atoms with E-state index in [4.69, 9.17) is 4.98 Å². The van der Waals surface area contributed by atoms with Crippen LogP contribution in [0.2, 0.25) is 0 Å². The summed E-state index contributed by atoms with van der Waals surface area (Å²) < 4.78 is 26.4. The molecule has 1 aromatic heterocycles. The van der Waals surface area contributed by atoms with Crippen molar-refractivity contribution in [1.82, 2.24) is 14.9 Å². The van der Waals surface area contributed by atoms with Crippen molar-refractivity contribution in [1.29, 1.82) is 0 Å². The van der Waals surface area contributed by atoms with Gasteiger partial charge in [-0.05, 0) is 62.7 Å². The number of aromatic nitrogens is 2. The van der Waals surface area contributed by atoms with Gasteiger partial charge in [0.05, 0.1) is 11.3 Å². The summed E-state index contributed by atoms with van der Waals surface area (Å²) in [4.78, 5) is 14.2. The molecule has 34 heavy (non-hydrogen) atoms. The molecule has 0 bridgehead atoms. The second-order valence-corrected chi connectivity index (χ2v) is 11.5. The molecule has 3 heterocycles. The summed E-state index contributed by atoms with van der Waals surface area (Å²) in [6.07, 6.45) is 2.32. The second-order valence-electron chi connectivity index (χ2n) is 9.48. The number of likely N-dealkylation sites (tertiary alicyclic amines) is 1.